The van der Waals surface area contributed by atoms with Crippen LogP contribution in [0.1, 0.15) is 61.1 Å². The van der Waals surface area contributed by atoms with Gasteiger partial charge < -0.3 is 14.0 Å². The van der Waals surface area contributed by atoms with Crippen molar-refractivity contribution in [2.75, 3.05) is 0 Å². The standard InChI is InChI=1S/C34H27N4O.C19H26NSi.Ir/c1-21-13-15-25-24-11-8-12-26(31(24)39-33(25)36-21)32-37-28-17-18-35-20-30(28)38(32)29-16-14-23(19-27(29)34(2,3)4)22-9-6-5-7-10-22;1-19(2,3)13-16-12-17(15-10-8-7-9-11-15)20-14-18(16)21(4,5)6;/h5-11,13-20H,1-4H3;7-10,12,14H,13H2,1-6H3;/q2*-1;/i;13D2;. The quantitative estimate of drug-likeness (QED) is 0.123. The second-order valence-corrected chi connectivity index (χ2v) is 23.5. The average molecular weight is 998 g/mol. The molecule has 1 radical (unpaired) electrons. The number of nitrogens with zero attached hydrogens (tertiary/aromatic N) is 5. The fourth-order valence-electron chi connectivity index (χ4n) is 7.62. The van der Waals surface area contributed by atoms with E-state index in [9.17, 15) is 0 Å². The molecule has 9 aromatic rings. The molecular weight excluding hydrogens is 943 g/mol. The van der Waals surface area contributed by atoms with Gasteiger partial charge in [0.05, 0.1) is 36.7 Å². The van der Waals surface area contributed by atoms with Crippen molar-refractivity contribution >= 4 is 46.4 Å². The zero-order valence-corrected chi connectivity index (χ0v) is 40.0. The number of aryl methyl sites for hydroxylation is 1. The molecule has 9 rings (SSSR count). The molecule has 5 heterocycles. The van der Waals surface area contributed by atoms with Crippen LogP contribution in [0.5, 0.6) is 0 Å². The van der Waals surface area contributed by atoms with Gasteiger partial charge in [-0.1, -0.05) is 120 Å². The largest absolute Gasteiger partial charge is 0.486 e. The Hall–Kier alpha value is -5.53. The Kier molecular flexibility index (Phi) is 11.4. The normalized spacial score (nSPS) is 12.8. The van der Waals surface area contributed by atoms with Crippen molar-refractivity contribution in [3.05, 3.63) is 157 Å². The van der Waals surface area contributed by atoms with Crippen LogP contribution in [-0.2, 0) is 31.9 Å². The van der Waals surface area contributed by atoms with Crippen LogP contribution in [-0.4, -0.2) is 32.6 Å². The third-order valence-corrected chi connectivity index (χ3v) is 12.5. The molecule has 0 aliphatic heterocycles. The molecule has 0 spiro atoms. The minimum absolute atomic E-state index is 0. The number of benzene rings is 4. The van der Waals surface area contributed by atoms with Crippen molar-refractivity contribution in [2.45, 2.75) is 79.9 Å². The van der Waals surface area contributed by atoms with Gasteiger partial charge in [-0.15, -0.1) is 54.1 Å². The number of fused-ring (bicyclic) bond motifs is 4. The summed E-state index contributed by atoms with van der Waals surface area (Å²) >= 11 is 0. The molecule has 0 saturated carbocycles. The van der Waals surface area contributed by atoms with Gasteiger partial charge in [0.1, 0.15) is 0 Å². The van der Waals surface area contributed by atoms with Crippen LogP contribution in [0.15, 0.2) is 132 Å². The predicted octanol–water partition coefficient (Wildman–Crippen LogP) is 13.1. The molecule has 6 nitrogen and oxygen atoms in total. The summed E-state index contributed by atoms with van der Waals surface area (Å²) in [5.41, 5.74) is 11.4. The van der Waals surface area contributed by atoms with E-state index >= 15 is 0 Å². The number of hydrogen-bond acceptors (Lipinski definition) is 5. The predicted molar refractivity (Wildman–Crippen MR) is 252 cm³/mol. The zero-order chi connectivity index (χ0) is 44.2. The second-order valence-electron chi connectivity index (χ2n) is 18.5. The van der Waals surface area contributed by atoms with Crippen LogP contribution in [0, 0.1) is 24.5 Å². The fraction of sp³-hybridized carbons (Fsp3) is 0.245. The molecule has 4 aromatic carbocycles. The van der Waals surface area contributed by atoms with Gasteiger partial charge >= 0.3 is 0 Å². The van der Waals surface area contributed by atoms with E-state index in [0.717, 1.165) is 72.2 Å². The molecule has 0 bridgehead atoms. The SMILES string of the molecule is Cc1ccc2c(n1)oc1c(-c3nc4ccncc4n3-c3ccc(-c4ccccc4)cc3C(C)(C)C)[c-]ccc12.[2H]C([2H])(c1cc(-c2[c-]cccc2)ncc1[Si](C)(C)C)C(C)(C)C.[Ir]. The fourth-order valence-corrected chi connectivity index (χ4v) is 9.01. The van der Waals surface area contributed by atoms with E-state index < -0.39 is 19.9 Å². The molecule has 0 aliphatic rings. The third kappa shape index (κ3) is 9.23. The number of rotatable bonds is 6. The first-order valence-electron chi connectivity index (χ1n) is 21.5. The molecule has 0 unspecified atom stereocenters. The molecule has 8 heteroatoms. The molecule has 0 aliphatic carbocycles. The maximum atomic E-state index is 8.75. The number of pyridine rings is 3. The number of furan rings is 1. The molecule has 0 atom stereocenters. The minimum Gasteiger partial charge on any atom is -0.486 e. The summed E-state index contributed by atoms with van der Waals surface area (Å²) in [6.45, 7) is 21.3. The van der Waals surface area contributed by atoms with Gasteiger partial charge in [-0.3, -0.25) is 9.97 Å². The molecule has 311 valence electrons. The van der Waals surface area contributed by atoms with E-state index in [-0.39, 0.29) is 25.5 Å². The first-order chi connectivity index (χ1) is 29.3. The first kappa shape index (κ1) is 40.9. The van der Waals surface area contributed by atoms with Crippen molar-refractivity contribution in [3.8, 4) is 39.5 Å². The Morgan fingerprint density at radius 2 is 1.54 bits per heavy atom. The Balaban J connectivity index is 0.000000213. The smallest absolute Gasteiger partial charge is 0.216 e. The van der Waals surface area contributed by atoms with E-state index in [2.05, 4.69) is 121 Å². The van der Waals surface area contributed by atoms with Crippen molar-refractivity contribution in [2.24, 2.45) is 5.41 Å². The molecule has 5 aromatic heterocycles. The summed E-state index contributed by atoms with van der Waals surface area (Å²) in [5.74, 6) is 0.761. The van der Waals surface area contributed by atoms with Gasteiger partial charge in [0.25, 0.3) is 0 Å². The van der Waals surface area contributed by atoms with Crippen LogP contribution in [0.2, 0.25) is 19.6 Å². The summed E-state index contributed by atoms with van der Waals surface area (Å²) in [6, 6.07) is 43.5. The third-order valence-electron chi connectivity index (χ3n) is 10.5. The van der Waals surface area contributed by atoms with Crippen LogP contribution < -0.4 is 5.19 Å². The molecular formula is C53H53IrN5OSi-2. The Bertz CT molecular complexity index is 3070. The second kappa shape index (κ2) is 17.1. The van der Waals surface area contributed by atoms with E-state index in [4.69, 9.17) is 12.1 Å². The van der Waals surface area contributed by atoms with Crippen LogP contribution in [0.4, 0.5) is 0 Å². The van der Waals surface area contributed by atoms with Crippen molar-refractivity contribution in [3.63, 3.8) is 0 Å². The summed E-state index contributed by atoms with van der Waals surface area (Å²) < 4.78 is 26.1. The van der Waals surface area contributed by atoms with Gasteiger partial charge in [-0.05, 0) is 82.0 Å². The maximum absolute atomic E-state index is 8.75. The van der Waals surface area contributed by atoms with E-state index in [1.165, 1.54) is 16.7 Å². The minimum atomic E-state index is -1.70. The zero-order valence-electron chi connectivity index (χ0n) is 38.6. The summed E-state index contributed by atoms with van der Waals surface area (Å²) in [6.07, 6.45) is 4.13. The molecule has 61 heavy (non-hydrogen) atoms. The van der Waals surface area contributed by atoms with E-state index in [1.807, 2.05) is 101 Å². The summed E-state index contributed by atoms with van der Waals surface area (Å²) in [5, 5.41) is 3.08. The van der Waals surface area contributed by atoms with Gasteiger partial charge in [-0.2, -0.15) is 0 Å². The van der Waals surface area contributed by atoms with Crippen molar-refractivity contribution < 1.29 is 27.3 Å². The van der Waals surface area contributed by atoms with Crippen molar-refractivity contribution in [1.29, 1.82) is 0 Å². The molecule has 0 saturated heterocycles. The van der Waals surface area contributed by atoms with E-state index in [1.54, 1.807) is 6.20 Å². The van der Waals surface area contributed by atoms with Gasteiger partial charge in [0, 0.05) is 52.0 Å². The van der Waals surface area contributed by atoms with Crippen LogP contribution in [0.25, 0.3) is 72.6 Å². The maximum Gasteiger partial charge on any atom is 0.216 e. The Labute approximate surface area is 377 Å². The number of imidazole rings is 1. The Morgan fingerprint density at radius 1 is 0.770 bits per heavy atom. The summed E-state index contributed by atoms with van der Waals surface area (Å²) in [7, 11) is -1.70. The molecule has 0 N–H and O–H groups in total. The number of aromatic nitrogens is 5. The van der Waals surface area contributed by atoms with E-state index in [0.29, 0.717) is 5.71 Å². The first-order valence-corrected chi connectivity index (χ1v) is 24.0. The average Bonchev–Trinajstić information content (AvgIpc) is 3.81. The van der Waals surface area contributed by atoms with Gasteiger partial charge in [0.15, 0.2) is 0 Å². The van der Waals surface area contributed by atoms with Gasteiger partial charge in [0.2, 0.25) is 5.71 Å². The number of hydrogen-bond donors (Lipinski definition) is 0. The van der Waals surface area contributed by atoms with Crippen LogP contribution >= 0.6 is 0 Å². The van der Waals surface area contributed by atoms with Crippen LogP contribution in [0.3, 0.4) is 0 Å². The summed E-state index contributed by atoms with van der Waals surface area (Å²) in [4.78, 5) is 18.8. The molecule has 0 fully saturated rings. The Morgan fingerprint density at radius 3 is 2.25 bits per heavy atom. The van der Waals surface area contributed by atoms with Gasteiger partial charge in [-0.25, -0.2) is 4.98 Å². The topological polar surface area (TPSA) is 69.6 Å². The van der Waals surface area contributed by atoms with Crippen molar-refractivity contribution in [1.82, 2.24) is 24.5 Å². The monoisotopic (exact) mass is 998 g/mol. The molecule has 0 amide bonds.